The molecular weight excluding hydrogens is 614 g/mol. The van der Waals surface area contributed by atoms with Crippen LogP contribution in [0.1, 0.15) is 33.7 Å². The van der Waals surface area contributed by atoms with Crippen molar-refractivity contribution < 1.29 is 23.5 Å². The van der Waals surface area contributed by atoms with E-state index in [9.17, 15) is 18.8 Å². The molecule has 0 saturated heterocycles. The van der Waals surface area contributed by atoms with Crippen molar-refractivity contribution in [2.24, 2.45) is 0 Å². The number of halogens is 1. The SMILES string of the molecule is CCOc1ccc(NC(=O)C(Sc2cccc(NC(=O)/C(=C/c3ccc(F)cc3)NC(=O)c3ccccc3)c2)c2ccccc2)cc1. The van der Waals surface area contributed by atoms with Crippen LogP contribution < -0.4 is 20.7 Å². The molecule has 0 aliphatic heterocycles. The molecular formula is C38H32FN3O4S. The lowest BCUT2D eigenvalue weighted by Gasteiger charge is -2.18. The minimum absolute atomic E-state index is 0.0274. The van der Waals surface area contributed by atoms with Gasteiger partial charge in [-0.25, -0.2) is 4.39 Å². The summed E-state index contributed by atoms with van der Waals surface area (Å²) in [6.45, 7) is 2.46. The van der Waals surface area contributed by atoms with Gasteiger partial charge in [-0.1, -0.05) is 66.7 Å². The van der Waals surface area contributed by atoms with Gasteiger partial charge in [-0.3, -0.25) is 14.4 Å². The number of benzene rings is 5. The van der Waals surface area contributed by atoms with E-state index < -0.39 is 22.9 Å². The molecule has 0 saturated carbocycles. The Hall–Kier alpha value is -5.67. The standard InChI is InChI=1S/C38H32FN3O4S/c1-2-46-32-22-20-30(21-23-32)40-38(45)35(27-10-5-3-6-11-27)47-33-15-9-14-31(25-33)41-37(44)34(24-26-16-18-29(39)19-17-26)42-36(43)28-12-7-4-8-13-28/h3-25,35H,2H2,1H3,(H,40,45)(H,41,44)(H,42,43)/b34-24-. The number of rotatable bonds is 12. The van der Waals surface area contributed by atoms with Gasteiger partial charge in [0.15, 0.2) is 0 Å². The molecule has 5 rings (SSSR count). The molecule has 0 aliphatic carbocycles. The van der Waals surface area contributed by atoms with Crippen molar-refractivity contribution in [3.05, 3.63) is 162 Å². The van der Waals surface area contributed by atoms with Crippen LogP contribution in [0.2, 0.25) is 0 Å². The Labute approximate surface area is 276 Å². The van der Waals surface area contributed by atoms with Crippen LogP contribution in [0, 0.1) is 5.82 Å². The number of nitrogens with one attached hydrogen (secondary N) is 3. The molecule has 9 heteroatoms. The van der Waals surface area contributed by atoms with Gasteiger partial charge < -0.3 is 20.7 Å². The summed E-state index contributed by atoms with van der Waals surface area (Å²) in [5, 5.41) is 7.92. The fourth-order valence-corrected chi connectivity index (χ4v) is 5.64. The molecule has 47 heavy (non-hydrogen) atoms. The first-order valence-corrected chi connectivity index (χ1v) is 15.8. The molecule has 3 N–H and O–H groups in total. The lowest BCUT2D eigenvalue weighted by atomic mass is 10.1. The van der Waals surface area contributed by atoms with E-state index in [-0.39, 0.29) is 11.6 Å². The Bertz CT molecular complexity index is 1850. The Balaban J connectivity index is 1.35. The molecule has 1 unspecified atom stereocenters. The Morgan fingerprint density at radius 3 is 2.13 bits per heavy atom. The molecule has 0 bridgehead atoms. The Morgan fingerprint density at radius 2 is 1.45 bits per heavy atom. The largest absolute Gasteiger partial charge is 0.494 e. The Kier molecular flexibility index (Phi) is 11.2. The summed E-state index contributed by atoms with van der Waals surface area (Å²) in [5.74, 6) is -0.962. The van der Waals surface area contributed by atoms with Crippen molar-refractivity contribution in [3.63, 3.8) is 0 Å². The summed E-state index contributed by atoms with van der Waals surface area (Å²) in [5.41, 5.74) is 2.78. The number of carbonyl (C=O) groups is 3. The monoisotopic (exact) mass is 645 g/mol. The number of carbonyl (C=O) groups excluding carboxylic acids is 3. The van der Waals surface area contributed by atoms with Crippen LogP contribution in [0.15, 0.2) is 144 Å². The molecule has 5 aromatic carbocycles. The van der Waals surface area contributed by atoms with Crippen molar-refractivity contribution >= 4 is 46.9 Å². The van der Waals surface area contributed by atoms with E-state index in [2.05, 4.69) is 16.0 Å². The van der Waals surface area contributed by atoms with Gasteiger partial charge in [-0.15, -0.1) is 11.8 Å². The third kappa shape index (κ3) is 9.42. The molecule has 0 aromatic heterocycles. The molecule has 0 fully saturated rings. The van der Waals surface area contributed by atoms with E-state index >= 15 is 0 Å². The van der Waals surface area contributed by atoms with Crippen molar-refractivity contribution in [1.82, 2.24) is 5.32 Å². The minimum atomic E-state index is -0.604. The van der Waals surface area contributed by atoms with Gasteiger partial charge in [-0.05, 0) is 90.9 Å². The van der Waals surface area contributed by atoms with E-state index in [0.717, 1.165) is 10.5 Å². The topological polar surface area (TPSA) is 96.5 Å². The summed E-state index contributed by atoms with van der Waals surface area (Å²) >= 11 is 1.33. The fraction of sp³-hybridized carbons (Fsp3) is 0.0789. The second-order valence-corrected chi connectivity index (χ2v) is 11.4. The number of thioether (sulfide) groups is 1. The summed E-state index contributed by atoms with van der Waals surface area (Å²) in [4.78, 5) is 40.8. The number of amides is 3. The maximum Gasteiger partial charge on any atom is 0.272 e. The van der Waals surface area contributed by atoms with Gasteiger partial charge in [0, 0.05) is 21.8 Å². The van der Waals surface area contributed by atoms with E-state index in [0.29, 0.717) is 34.9 Å². The third-order valence-corrected chi connectivity index (χ3v) is 8.08. The fourth-order valence-electron chi connectivity index (χ4n) is 4.56. The van der Waals surface area contributed by atoms with Crippen LogP contribution in [-0.4, -0.2) is 24.3 Å². The van der Waals surface area contributed by atoms with Crippen molar-refractivity contribution in [3.8, 4) is 5.75 Å². The van der Waals surface area contributed by atoms with Gasteiger partial charge in [0.25, 0.3) is 11.8 Å². The first-order chi connectivity index (χ1) is 22.9. The maximum atomic E-state index is 13.6. The summed E-state index contributed by atoms with van der Waals surface area (Å²) in [6, 6.07) is 37.8. The smallest absolute Gasteiger partial charge is 0.272 e. The van der Waals surface area contributed by atoms with Crippen LogP contribution in [0.5, 0.6) is 5.75 Å². The summed E-state index contributed by atoms with van der Waals surface area (Å²) in [7, 11) is 0. The highest BCUT2D eigenvalue weighted by atomic mass is 32.2. The van der Waals surface area contributed by atoms with Crippen LogP contribution >= 0.6 is 11.8 Å². The zero-order valence-corrected chi connectivity index (χ0v) is 26.3. The number of ether oxygens (including phenoxy) is 1. The zero-order valence-electron chi connectivity index (χ0n) is 25.5. The van der Waals surface area contributed by atoms with Crippen LogP contribution in [-0.2, 0) is 9.59 Å². The second-order valence-electron chi connectivity index (χ2n) is 10.3. The summed E-state index contributed by atoms with van der Waals surface area (Å²) in [6.07, 6.45) is 1.48. The second kappa shape index (κ2) is 16.1. The molecule has 3 amide bonds. The molecule has 0 spiro atoms. The number of hydrogen-bond donors (Lipinski definition) is 3. The van der Waals surface area contributed by atoms with E-state index in [1.165, 1.54) is 42.1 Å². The number of anilines is 2. The van der Waals surface area contributed by atoms with Gasteiger partial charge in [0.05, 0.1) is 6.61 Å². The summed E-state index contributed by atoms with van der Waals surface area (Å²) < 4.78 is 19.0. The van der Waals surface area contributed by atoms with Crippen LogP contribution in [0.3, 0.4) is 0 Å². The highest BCUT2D eigenvalue weighted by molar-refractivity contribution is 8.00. The van der Waals surface area contributed by atoms with E-state index in [4.69, 9.17) is 4.74 Å². The third-order valence-electron chi connectivity index (χ3n) is 6.83. The molecule has 7 nitrogen and oxygen atoms in total. The highest BCUT2D eigenvalue weighted by Gasteiger charge is 2.23. The first-order valence-electron chi connectivity index (χ1n) is 14.9. The van der Waals surface area contributed by atoms with Crippen molar-refractivity contribution in [2.75, 3.05) is 17.2 Å². The molecule has 5 aromatic rings. The highest BCUT2D eigenvalue weighted by Crippen LogP contribution is 2.37. The Morgan fingerprint density at radius 1 is 0.766 bits per heavy atom. The van der Waals surface area contributed by atoms with Crippen molar-refractivity contribution in [1.29, 1.82) is 0 Å². The molecule has 1 atom stereocenters. The van der Waals surface area contributed by atoms with Gasteiger partial charge in [0.2, 0.25) is 5.91 Å². The molecule has 0 radical (unpaired) electrons. The van der Waals surface area contributed by atoms with Gasteiger partial charge in [-0.2, -0.15) is 0 Å². The van der Waals surface area contributed by atoms with Crippen molar-refractivity contribution in [2.45, 2.75) is 17.1 Å². The molecule has 0 aliphatic rings. The number of hydrogen-bond acceptors (Lipinski definition) is 5. The van der Waals surface area contributed by atoms with Gasteiger partial charge >= 0.3 is 0 Å². The normalized spacial score (nSPS) is 11.7. The predicted molar refractivity (Wildman–Crippen MR) is 185 cm³/mol. The zero-order chi connectivity index (χ0) is 33.0. The van der Waals surface area contributed by atoms with E-state index in [1.807, 2.05) is 43.3 Å². The molecule has 0 heterocycles. The van der Waals surface area contributed by atoms with Gasteiger partial charge in [0.1, 0.15) is 22.5 Å². The maximum absolute atomic E-state index is 13.6. The average molecular weight is 646 g/mol. The lowest BCUT2D eigenvalue weighted by Crippen LogP contribution is -2.30. The van der Waals surface area contributed by atoms with Crippen LogP contribution in [0.4, 0.5) is 15.8 Å². The molecule has 236 valence electrons. The quantitative estimate of drug-likeness (QED) is 0.0941. The van der Waals surface area contributed by atoms with Crippen LogP contribution in [0.25, 0.3) is 6.08 Å². The average Bonchev–Trinajstić information content (AvgIpc) is 3.09. The minimum Gasteiger partial charge on any atom is -0.494 e. The predicted octanol–water partition coefficient (Wildman–Crippen LogP) is 8.11. The van der Waals surface area contributed by atoms with E-state index in [1.54, 1.807) is 72.8 Å². The lowest BCUT2D eigenvalue weighted by molar-refractivity contribution is -0.116. The first kappa shape index (κ1) is 32.7.